The lowest BCUT2D eigenvalue weighted by Gasteiger charge is -2.14. The fourth-order valence-corrected chi connectivity index (χ4v) is 1.20. The quantitative estimate of drug-likeness (QED) is 0.770. The summed E-state index contributed by atoms with van der Waals surface area (Å²) in [7, 11) is 1.57. The fourth-order valence-electron chi connectivity index (χ4n) is 1.20. The third-order valence-corrected chi connectivity index (χ3v) is 2.04. The van der Waals surface area contributed by atoms with Crippen molar-refractivity contribution in [1.29, 1.82) is 0 Å². The number of alkyl halides is 2. The zero-order valence-corrected chi connectivity index (χ0v) is 9.13. The van der Waals surface area contributed by atoms with Crippen LogP contribution in [0.1, 0.15) is 16.2 Å². The van der Waals surface area contributed by atoms with Crippen LogP contribution in [0.5, 0.6) is 0 Å². The molecule has 0 saturated heterocycles. The zero-order chi connectivity index (χ0) is 12.3. The fraction of sp³-hybridized carbons (Fsp3) is 0.556. The second kappa shape index (κ2) is 4.56. The predicted molar refractivity (Wildman–Crippen MR) is 54.3 cm³/mol. The summed E-state index contributed by atoms with van der Waals surface area (Å²) in [6.07, 6.45) is 0. The monoisotopic (exact) mass is 232 g/mol. The first-order valence-electron chi connectivity index (χ1n) is 4.72. The molecule has 1 heterocycles. The molecule has 0 bridgehead atoms. The van der Waals surface area contributed by atoms with E-state index in [-0.39, 0.29) is 5.69 Å². The van der Waals surface area contributed by atoms with E-state index in [0.717, 1.165) is 0 Å². The molecule has 16 heavy (non-hydrogen) atoms. The number of halogens is 2. The van der Waals surface area contributed by atoms with Crippen LogP contribution in [0, 0.1) is 6.92 Å². The average Bonchev–Trinajstić information content (AvgIpc) is 2.54. The molecule has 90 valence electrons. The van der Waals surface area contributed by atoms with Crippen LogP contribution in [0.15, 0.2) is 6.07 Å². The van der Waals surface area contributed by atoms with E-state index >= 15 is 0 Å². The van der Waals surface area contributed by atoms with E-state index in [2.05, 4.69) is 10.4 Å². The van der Waals surface area contributed by atoms with Gasteiger partial charge in [0, 0.05) is 7.05 Å². The number of nitrogens with one attached hydrogen (secondary N) is 1. The summed E-state index contributed by atoms with van der Waals surface area (Å²) in [6.45, 7) is 0.148. The van der Waals surface area contributed by atoms with Crippen LogP contribution >= 0.6 is 0 Å². The second-order valence-electron chi connectivity index (χ2n) is 3.54. The van der Waals surface area contributed by atoms with E-state index in [0.29, 0.717) is 5.69 Å². The van der Waals surface area contributed by atoms with Crippen molar-refractivity contribution in [2.45, 2.75) is 12.8 Å². The van der Waals surface area contributed by atoms with Gasteiger partial charge in [0.1, 0.15) is 5.69 Å². The number of aromatic nitrogens is 2. The Morgan fingerprint density at radius 2 is 2.31 bits per heavy atom. The molecule has 0 aliphatic carbocycles. The lowest BCUT2D eigenvalue weighted by molar-refractivity contribution is 0.0117. The average molecular weight is 232 g/mol. The molecule has 0 aliphatic heterocycles. The molecule has 0 unspecified atom stereocenters. The molecule has 0 fully saturated rings. The SMILES string of the molecule is Cc1cc(C(=O)NCC(F)(F)CN)n(C)n1. The van der Waals surface area contributed by atoms with Gasteiger partial charge in [0.25, 0.3) is 11.8 Å². The summed E-state index contributed by atoms with van der Waals surface area (Å²) in [5.74, 6) is -3.67. The van der Waals surface area contributed by atoms with Crippen molar-refractivity contribution in [3.8, 4) is 0 Å². The Labute approximate surface area is 91.6 Å². The molecular formula is C9H14F2N4O. The summed E-state index contributed by atoms with van der Waals surface area (Å²) in [4.78, 5) is 11.5. The molecule has 7 heteroatoms. The first-order chi connectivity index (χ1) is 7.35. The lowest BCUT2D eigenvalue weighted by atomic mass is 10.3. The number of carbonyl (C=O) groups is 1. The molecule has 1 rings (SSSR count). The van der Waals surface area contributed by atoms with Crippen molar-refractivity contribution < 1.29 is 13.6 Å². The number of aryl methyl sites for hydroxylation is 2. The van der Waals surface area contributed by atoms with Crippen molar-refractivity contribution in [1.82, 2.24) is 15.1 Å². The minimum absolute atomic E-state index is 0.241. The number of carbonyl (C=O) groups excluding carboxylic acids is 1. The third kappa shape index (κ3) is 2.99. The van der Waals surface area contributed by atoms with Crippen molar-refractivity contribution in [2.75, 3.05) is 13.1 Å². The predicted octanol–water partition coefficient (Wildman–Crippen LogP) is 0.0523. The molecule has 1 aromatic rings. The Balaban J connectivity index is 2.63. The molecule has 0 aliphatic rings. The maximum atomic E-state index is 12.8. The number of nitrogens with two attached hydrogens (primary N) is 1. The maximum Gasteiger partial charge on any atom is 0.277 e. The molecule has 3 N–H and O–H groups in total. The van der Waals surface area contributed by atoms with Crippen LogP contribution in [0.25, 0.3) is 0 Å². The van der Waals surface area contributed by atoms with E-state index in [9.17, 15) is 13.6 Å². The summed E-state index contributed by atoms with van der Waals surface area (Å²) in [5.41, 5.74) is 5.74. The van der Waals surface area contributed by atoms with Gasteiger partial charge in [-0.05, 0) is 13.0 Å². The number of rotatable bonds is 4. The first-order valence-corrected chi connectivity index (χ1v) is 4.72. The lowest BCUT2D eigenvalue weighted by Crippen LogP contribution is -2.41. The van der Waals surface area contributed by atoms with Crippen molar-refractivity contribution in [3.05, 3.63) is 17.5 Å². The summed E-state index contributed by atoms with van der Waals surface area (Å²) >= 11 is 0. The normalized spacial score (nSPS) is 11.6. The minimum atomic E-state index is -3.08. The van der Waals surface area contributed by atoms with Crippen LogP contribution in [-0.4, -0.2) is 34.7 Å². The van der Waals surface area contributed by atoms with Gasteiger partial charge in [-0.25, -0.2) is 8.78 Å². The van der Waals surface area contributed by atoms with Gasteiger partial charge in [-0.2, -0.15) is 5.10 Å². The smallest absolute Gasteiger partial charge is 0.277 e. The van der Waals surface area contributed by atoms with Crippen LogP contribution in [0.2, 0.25) is 0 Å². The molecule has 0 spiro atoms. The summed E-state index contributed by atoms with van der Waals surface area (Å²) in [6, 6.07) is 1.52. The van der Waals surface area contributed by atoms with E-state index < -0.39 is 24.9 Å². The van der Waals surface area contributed by atoms with Crippen LogP contribution in [0.3, 0.4) is 0 Å². The molecule has 0 aromatic carbocycles. The van der Waals surface area contributed by atoms with Gasteiger partial charge in [0.05, 0.1) is 18.8 Å². The second-order valence-corrected chi connectivity index (χ2v) is 3.54. The molecule has 1 amide bonds. The van der Waals surface area contributed by atoms with Gasteiger partial charge in [-0.15, -0.1) is 0 Å². The highest BCUT2D eigenvalue weighted by Crippen LogP contribution is 2.09. The van der Waals surface area contributed by atoms with Gasteiger partial charge in [-0.3, -0.25) is 9.48 Å². The Bertz CT molecular complexity index is 389. The number of hydrogen-bond acceptors (Lipinski definition) is 3. The Morgan fingerprint density at radius 3 is 2.75 bits per heavy atom. The van der Waals surface area contributed by atoms with E-state index in [1.54, 1.807) is 14.0 Å². The largest absolute Gasteiger partial charge is 0.345 e. The molecule has 0 radical (unpaired) electrons. The summed E-state index contributed by atoms with van der Waals surface area (Å²) < 4.78 is 26.9. The third-order valence-electron chi connectivity index (χ3n) is 2.04. The van der Waals surface area contributed by atoms with E-state index in [1.165, 1.54) is 10.7 Å². The maximum absolute atomic E-state index is 12.8. The highest BCUT2D eigenvalue weighted by Gasteiger charge is 2.27. The number of amides is 1. The van der Waals surface area contributed by atoms with Gasteiger partial charge in [0.2, 0.25) is 0 Å². The van der Waals surface area contributed by atoms with E-state index in [4.69, 9.17) is 5.73 Å². The van der Waals surface area contributed by atoms with Gasteiger partial charge in [0.15, 0.2) is 0 Å². The topological polar surface area (TPSA) is 72.9 Å². The van der Waals surface area contributed by atoms with Crippen molar-refractivity contribution in [3.63, 3.8) is 0 Å². The Kier molecular flexibility index (Phi) is 3.58. The molecule has 5 nitrogen and oxygen atoms in total. The van der Waals surface area contributed by atoms with Crippen LogP contribution < -0.4 is 11.1 Å². The van der Waals surface area contributed by atoms with Crippen molar-refractivity contribution >= 4 is 5.91 Å². The highest BCUT2D eigenvalue weighted by molar-refractivity contribution is 5.92. The minimum Gasteiger partial charge on any atom is -0.345 e. The van der Waals surface area contributed by atoms with E-state index in [1.807, 2.05) is 0 Å². The first kappa shape index (κ1) is 12.6. The number of hydrogen-bond donors (Lipinski definition) is 2. The molecule has 0 saturated carbocycles. The van der Waals surface area contributed by atoms with Gasteiger partial charge in [-0.1, -0.05) is 0 Å². The zero-order valence-electron chi connectivity index (χ0n) is 9.13. The van der Waals surface area contributed by atoms with Crippen LogP contribution in [0.4, 0.5) is 8.78 Å². The molecule has 0 atom stereocenters. The van der Waals surface area contributed by atoms with Crippen molar-refractivity contribution in [2.24, 2.45) is 12.8 Å². The summed E-state index contributed by atoms with van der Waals surface area (Å²) in [5, 5.41) is 6.05. The Morgan fingerprint density at radius 1 is 1.69 bits per heavy atom. The van der Waals surface area contributed by atoms with Gasteiger partial charge >= 0.3 is 0 Å². The van der Waals surface area contributed by atoms with Gasteiger partial charge < -0.3 is 11.1 Å². The van der Waals surface area contributed by atoms with Crippen LogP contribution in [-0.2, 0) is 7.05 Å². The Hall–Kier alpha value is -1.50. The molecular weight excluding hydrogens is 218 g/mol. The number of nitrogens with zero attached hydrogens (tertiary/aromatic N) is 2. The highest BCUT2D eigenvalue weighted by atomic mass is 19.3. The molecule has 1 aromatic heterocycles. The standard InChI is InChI=1S/C9H14F2N4O/c1-6-3-7(15(2)14-6)8(16)13-5-9(10,11)4-12/h3H,4-5,12H2,1-2H3,(H,13,16).